The molecule has 0 bridgehead atoms. The number of hydrogen-bond acceptors (Lipinski definition) is 3. The Balaban J connectivity index is 2.24. The molecule has 2 rings (SSSR count). The summed E-state index contributed by atoms with van der Waals surface area (Å²) in [6.07, 6.45) is 3.61. The van der Waals surface area contributed by atoms with Crippen LogP contribution in [0.5, 0.6) is 5.75 Å². The number of hydrogen-bond donors (Lipinski definition) is 1. The molecule has 1 aromatic rings. The fraction of sp³-hybridized carbons (Fsp3) is 0.647. The predicted octanol–water partition coefficient (Wildman–Crippen LogP) is 3.21. The van der Waals surface area contributed by atoms with Gasteiger partial charge in [-0.25, -0.2) is 0 Å². The van der Waals surface area contributed by atoms with Gasteiger partial charge in [-0.3, -0.25) is 4.90 Å². The molecule has 20 heavy (non-hydrogen) atoms. The Kier molecular flexibility index (Phi) is 5.44. The Morgan fingerprint density at radius 1 is 1.25 bits per heavy atom. The zero-order chi connectivity index (χ0) is 14.5. The zero-order valence-electron chi connectivity index (χ0n) is 13.0. The Bertz CT molecular complexity index is 402. The monoisotopic (exact) mass is 276 g/mol. The molecule has 3 heteroatoms. The maximum atomic E-state index is 6.47. The topological polar surface area (TPSA) is 38.5 Å². The van der Waals surface area contributed by atoms with Crippen molar-refractivity contribution in [2.24, 2.45) is 11.7 Å². The van der Waals surface area contributed by atoms with Crippen LogP contribution >= 0.6 is 0 Å². The van der Waals surface area contributed by atoms with Crippen molar-refractivity contribution in [3.63, 3.8) is 0 Å². The van der Waals surface area contributed by atoms with E-state index < -0.39 is 0 Å². The summed E-state index contributed by atoms with van der Waals surface area (Å²) in [5, 5.41) is 0. The molecule has 0 aromatic heterocycles. The fourth-order valence-electron chi connectivity index (χ4n) is 3.20. The van der Waals surface area contributed by atoms with Crippen LogP contribution in [0.3, 0.4) is 0 Å². The minimum absolute atomic E-state index is 0.227. The van der Waals surface area contributed by atoms with Crippen LogP contribution in [0.25, 0.3) is 0 Å². The highest BCUT2D eigenvalue weighted by atomic mass is 16.5. The van der Waals surface area contributed by atoms with E-state index in [1.54, 1.807) is 7.11 Å². The van der Waals surface area contributed by atoms with Gasteiger partial charge in [0, 0.05) is 18.6 Å². The second-order valence-electron chi connectivity index (χ2n) is 6.27. The lowest BCUT2D eigenvalue weighted by molar-refractivity contribution is 0.165. The van der Waals surface area contributed by atoms with Crippen LogP contribution in [-0.2, 0) is 0 Å². The molecule has 0 aliphatic carbocycles. The summed E-state index contributed by atoms with van der Waals surface area (Å²) < 4.78 is 5.25. The Labute approximate surface area is 123 Å². The summed E-state index contributed by atoms with van der Waals surface area (Å²) in [7, 11) is 1.71. The number of rotatable bonds is 4. The predicted molar refractivity (Wildman–Crippen MR) is 84.0 cm³/mol. The van der Waals surface area contributed by atoms with Crippen molar-refractivity contribution in [3.8, 4) is 5.75 Å². The van der Waals surface area contributed by atoms with Crippen molar-refractivity contribution >= 4 is 0 Å². The molecule has 1 saturated heterocycles. The van der Waals surface area contributed by atoms with Gasteiger partial charge < -0.3 is 10.5 Å². The van der Waals surface area contributed by atoms with E-state index in [1.807, 2.05) is 12.1 Å². The summed E-state index contributed by atoms with van der Waals surface area (Å²) in [4.78, 5) is 2.57. The van der Waals surface area contributed by atoms with Gasteiger partial charge in [0.2, 0.25) is 0 Å². The molecule has 1 aliphatic heterocycles. The molecular formula is C17H28N2O. The average molecular weight is 276 g/mol. The van der Waals surface area contributed by atoms with Gasteiger partial charge in [-0.05, 0) is 43.0 Å². The van der Waals surface area contributed by atoms with Crippen molar-refractivity contribution in [2.45, 2.75) is 45.2 Å². The van der Waals surface area contributed by atoms with Gasteiger partial charge >= 0.3 is 0 Å². The van der Waals surface area contributed by atoms with Gasteiger partial charge in [0.15, 0.2) is 0 Å². The number of methoxy groups -OCH3 is 1. The summed E-state index contributed by atoms with van der Waals surface area (Å²) in [6, 6.07) is 8.99. The van der Waals surface area contributed by atoms with Gasteiger partial charge in [-0.15, -0.1) is 0 Å². The third-order valence-corrected chi connectivity index (χ3v) is 4.09. The number of benzene rings is 1. The minimum Gasteiger partial charge on any atom is -0.497 e. The van der Waals surface area contributed by atoms with E-state index in [1.165, 1.54) is 18.4 Å². The highest BCUT2D eigenvalue weighted by Gasteiger charge is 2.28. The molecule has 1 aliphatic rings. The fourth-order valence-corrected chi connectivity index (χ4v) is 3.20. The lowest BCUT2D eigenvalue weighted by Gasteiger charge is -2.35. The SMILES string of the molecule is COc1ccc(C2C(N)CCCCN2CC(C)C)cc1. The molecule has 2 atom stereocenters. The highest BCUT2D eigenvalue weighted by molar-refractivity contribution is 5.30. The summed E-state index contributed by atoms with van der Waals surface area (Å²) in [5.41, 5.74) is 7.79. The Morgan fingerprint density at radius 3 is 2.55 bits per heavy atom. The molecule has 1 heterocycles. The van der Waals surface area contributed by atoms with Gasteiger partial charge in [-0.1, -0.05) is 32.4 Å². The van der Waals surface area contributed by atoms with E-state index in [-0.39, 0.29) is 6.04 Å². The van der Waals surface area contributed by atoms with Gasteiger partial charge in [0.05, 0.1) is 7.11 Å². The first-order chi connectivity index (χ1) is 9.61. The first-order valence-electron chi connectivity index (χ1n) is 7.75. The zero-order valence-corrected chi connectivity index (χ0v) is 13.0. The summed E-state index contributed by atoms with van der Waals surface area (Å²) >= 11 is 0. The number of nitrogens with zero attached hydrogens (tertiary/aromatic N) is 1. The molecular weight excluding hydrogens is 248 g/mol. The minimum atomic E-state index is 0.227. The molecule has 0 spiro atoms. The average Bonchev–Trinajstić information content (AvgIpc) is 2.60. The van der Waals surface area contributed by atoms with Crippen molar-refractivity contribution in [1.29, 1.82) is 0 Å². The molecule has 2 N–H and O–H groups in total. The quantitative estimate of drug-likeness (QED) is 0.917. The molecule has 1 fully saturated rings. The molecule has 0 amide bonds. The van der Waals surface area contributed by atoms with Crippen LogP contribution < -0.4 is 10.5 Å². The van der Waals surface area contributed by atoms with Crippen molar-refractivity contribution in [2.75, 3.05) is 20.2 Å². The third kappa shape index (κ3) is 3.74. The second-order valence-corrected chi connectivity index (χ2v) is 6.27. The summed E-state index contributed by atoms with van der Waals surface area (Å²) in [6.45, 7) is 6.83. The lowest BCUT2D eigenvalue weighted by atomic mass is 9.95. The van der Waals surface area contributed by atoms with Crippen LogP contribution in [0.4, 0.5) is 0 Å². The van der Waals surface area contributed by atoms with Crippen LogP contribution in [0.15, 0.2) is 24.3 Å². The molecule has 2 unspecified atom stereocenters. The van der Waals surface area contributed by atoms with E-state index >= 15 is 0 Å². The second kappa shape index (κ2) is 7.09. The lowest BCUT2D eigenvalue weighted by Crippen LogP contribution is -2.41. The van der Waals surface area contributed by atoms with Crippen LogP contribution in [-0.4, -0.2) is 31.1 Å². The van der Waals surface area contributed by atoms with Crippen LogP contribution in [0.2, 0.25) is 0 Å². The number of ether oxygens (including phenoxy) is 1. The third-order valence-electron chi connectivity index (χ3n) is 4.09. The summed E-state index contributed by atoms with van der Waals surface area (Å²) in [5.74, 6) is 1.58. The smallest absolute Gasteiger partial charge is 0.118 e. The first kappa shape index (κ1) is 15.3. The maximum absolute atomic E-state index is 6.47. The van der Waals surface area contributed by atoms with E-state index in [4.69, 9.17) is 10.5 Å². The van der Waals surface area contributed by atoms with Crippen LogP contribution in [0.1, 0.15) is 44.7 Å². The van der Waals surface area contributed by atoms with Crippen molar-refractivity contribution in [1.82, 2.24) is 4.90 Å². The van der Waals surface area contributed by atoms with Crippen molar-refractivity contribution in [3.05, 3.63) is 29.8 Å². The van der Waals surface area contributed by atoms with Gasteiger partial charge in [-0.2, -0.15) is 0 Å². The highest BCUT2D eigenvalue weighted by Crippen LogP contribution is 2.31. The van der Waals surface area contributed by atoms with E-state index in [0.717, 1.165) is 25.3 Å². The van der Waals surface area contributed by atoms with E-state index in [0.29, 0.717) is 12.0 Å². The largest absolute Gasteiger partial charge is 0.497 e. The Morgan fingerprint density at radius 2 is 1.95 bits per heavy atom. The number of nitrogens with two attached hydrogens (primary N) is 1. The van der Waals surface area contributed by atoms with E-state index in [9.17, 15) is 0 Å². The molecule has 3 nitrogen and oxygen atoms in total. The molecule has 0 saturated carbocycles. The van der Waals surface area contributed by atoms with E-state index in [2.05, 4.69) is 30.9 Å². The van der Waals surface area contributed by atoms with Crippen LogP contribution in [0, 0.1) is 5.92 Å². The molecule has 112 valence electrons. The molecule has 1 aromatic carbocycles. The molecule has 0 radical (unpaired) electrons. The standard InChI is InChI=1S/C17H28N2O/c1-13(2)12-19-11-5-4-6-16(18)17(19)14-7-9-15(20-3)10-8-14/h7-10,13,16-17H,4-6,11-12,18H2,1-3H3. The maximum Gasteiger partial charge on any atom is 0.118 e. The van der Waals surface area contributed by atoms with Crippen molar-refractivity contribution < 1.29 is 4.74 Å². The Hall–Kier alpha value is -1.06. The van der Waals surface area contributed by atoms with Gasteiger partial charge in [0.25, 0.3) is 0 Å². The normalized spacial score (nSPS) is 24.6. The van der Waals surface area contributed by atoms with Gasteiger partial charge in [0.1, 0.15) is 5.75 Å². The number of likely N-dealkylation sites (tertiary alicyclic amines) is 1. The first-order valence-corrected chi connectivity index (χ1v) is 7.75.